The van der Waals surface area contributed by atoms with Crippen molar-refractivity contribution in [1.82, 2.24) is 0 Å². The molecule has 0 N–H and O–H groups in total. The second kappa shape index (κ2) is 9.19. The van der Waals surface area contributed by atoms with Crippen LogP contribution in [0.5, 0.6) is 0 Å². The Bertz CT molecular complexity index is 170. The van der Waals surface area contributed by atoms with Crippen LogP contribution in [0.15, 0.2) is 0 Å². The summed E-state index contributed by atoms with van der Waals surface area (Å²) in [4.78, 5) is 0. The van der Waals surface area contributed by atoms with Gasteiger partial charge in [0.2, 0.25) is 0 Å². The van der Waals surface area contributed by atoms with Gasteiger partial charge in [-0.05, 0) is 0 Å². The Labute approximate surface area is 92.6 Å². The molecule has 5 unspecified atom stereocenters. The predicted octanol–water partition coefficient (Wildman–Crippen LogP) is 4.75. The monoisotopic (exact) mass is 334 g/mol. The van der Waals surface area contributed by atoms with E-state index in [0.29, 0.717) is 0 Å². The van der Waals surface area contributed by atoms with Crippen LogP contribution in [0.1, 0.15) is 0 Å². The zero-order chi connectivity index (χ0) is 9.72. The summed E-state index contributed by atoms with van der Waals surface area (Å²) in [5, 5.41) is 0. The Kier molecular flexibility index (Phi) is 10.9. The molecule has 0 radical (unpaired) electrons. The van der Waals surface area contributed by atoms with Gasteiger partial charge >= 0.3 is 93.0 Å². The van der Waals surface area contributed by atoms with Gasteiger partial charge < -0.3 is 0 Å². The molecule has 0 rings (SSSR count). The molecule has 0 amide bonds. The summed E-state index contributed by atoms with van der Waals surface area (Å²) in [6.07, 6.45) is 0. The van der Waals surface area contributed by atoms with Gasteiger partial charge in [-0.2, -0.15) is 0 Å². The molecule has 0 heterocycles. The molecule has 0 spiro atoms. The molecule has 0 aromatic heterocycles. The Morgan fingerprint density at radius 1 is 1.36 bits per heavy atom. The third-order valence-electron chi connectivity index (χ3n) is 0.576. The maximum atomic E-state index is 7.59. The fourth-order valence-corrected chi connectivity index (χ4v) is 54.4. The second-order valence-electron chi connectivity index (χ2n) is 1.31. The van der Waals surface area contributed by atoms with E-state index in [4.69, 9.17) is 13.2 Å². The van der Waals surface area contributed by atoms with E-state index in [2.05, 4.69) is 35.7 Å². The Morgan fingerprint density at radius 3 is 2.09 bits per heavy atom. The summed E-state index contributed by atoms with van der Waals surface area (Å²) in [7, 11) is 12.3. The molecular weight excluding hydrogens is 323 g/mol. The summed E-state index contributed by atoms with van der Waals surface area (Å²) >= 11 is 4.76. The van der Waals surface area contributed by atoms with Crippen LogP contribution < -0.4 is 0 Å². The van der Waals surface area contributed by atoms with Crippen LogP contribution in [0.2, 0.25) is 0 Å². The summed E-state index contributed by atoms with van der Waals surface area (Å²) < 4.78 is 7.59. The number of hydrogen-bond donors (Lipinski definition) is 1. The van der Waals surface area contributed by atoms with Crippen molar-refractivity contribution < 1.29 is 0 Å². The molecule has 0 bridgehead atoms. The van der Waals surface area contributed by atoms with Gasteiger partial charge in [0.1, 0.15) is 0 Å². The predicted molar refractivity (Wildman–Crippen MR) is 88.6 cm³/mol. The van der Waals surface area contributed by atoms with Gasteiger partial charge in [-0.25, -0.2) is 0 Å². The molecule has 0 aliphatic heterocycles. The normalized spacial score (nSPS) is 15.7. The quantitative estimate of drug-likeness (QED) is 0.440. The molecule has 0 nitrogen and oxygen atoms in total. The van der Waals surface area contributed by atoms with E-state index in [0.717, 1.165) is 0 Å². The van der Waals surface area contributed by atoms with Gasteiger partial charge in [0, 0.05) is 0 Å². The molecule has 5 atom stereocenters. The van der Waals surface area contributed by atoms with E-state index in [1.807, 2.05) is 0 Å². The van der Waals surface area contributed by atoms with Gasteiger partial charge in [0.05, 0.1) is 0 Å². The first-order valence-electron chi connectivity index (χ1n) is 2.70. The van der Waals surface area contributed by atoms with Gasteiger partial charge in [-0.1, -0.05) is 0 Å². The molecule has 0 aromatic carbocycles. The minimum atomic E-state index is -0.428. The third-order valence-corrected chi connectivity index (χ3v) is 41.8. The Hall–Kier alpha value is 3.94. The van der Waals surface area contributed by atoms with Crippen LogP contribution >= 0.6 is 75.8 Å². The summed E-state index contributed by atoms with van der Waals surface area (Å²) in [5.41, 5.74) is 1.58. The molecule has 11 heavy (non-hydrogen) atoms. The topological polar surface area (TPSA) is 0 Å². The van der Waals surface area contributed by atoms with Gasteiger partial charge in [-0.15, -0.1) is 0 Å². The van der Waals surface area contributed by atoms with Gasteiger partial charge in [0.25, 0.3) is 0 Å². The molecule has 0 aromatic rings. The molecule has 64 valence electrons. The van der Waals surface area contributed by atoms with E-state index >= 15 is 0 Å². The average molecular weight is 334 g/mol. The molecular formula is H9BP8S2. The minimum absolute atomic E-state index is 0.0433. The van der Waals surface area contributed by atoms with Crippen LogP contribution in [-0.4, -0.2) is 6.56 Å². The molecule has 0 saturated carbocycles. The zero-order valence-electron chi connectivity index (χ0n) is 6.49. The van der Waals surface area contributed by atoms with Crippen LogP contribution in [-0.2, 0) is 10.7 Å². The summed E-state index contributed by atoms with van der Waals surface area (Å²) in [6, 6.07) is 0. The van der Waals surface area contributed by atoms with E-state index in [1.165, 1.54) is 7.04 Å². The molecule has 0 aliphatic carbocycles. The standard InChI is InChI=1S/BH9P8S2/c2-7(3)9(8(4)5)6-11-1-10/h11H,2-5H2/i11T. The first-order chi connectivity index (χ1) is 5.49. The van der Waals surface area contributed by atoms with Crippen molar-refractivity contribution in [1.29, 1.82) is 1.12 Å². The number of thiol groups is 1. The average Bonchev–Trinajstić information content (AvgIpc) is 1.98. The molecule has 0 aliphatic rings. The van der Waals surface area contributed by atoms with Crippen molar-refractivity contribution in [3.8, 4) is 0 Å². The molecule has 11 heteroatoms. The van der Waals surface area contributed by atoms with E-state index in [1.54, 1.807) is 5.43 Å². The number of rotatable bonds is 4. The summed E-state index contributed by atoms with van der Waals surface area (Å²) in [6.45, 7) is -0.139. The van der Waals surface area contributed by atoms with Gasteiger partial charge in [-0.3, -0.25) is 0 Å². The molecule has 0 fully saturated rings. The van der Waals surface area contributed by atoms with Crippen molar-refractivity contribution in [2.75, 3.05) is 0 Å². The Balaban J connectivity index is 4.42. The Morgan fingerprint density at radius 2 is 1.82 bits per heavy atom. The fraction of sp³-hybridized carbons (Fsp3) is 0. The van der Waals surface area contributed by atoms with Crippen LogP contribution in [0.3, 0.4) is 0 Å². The third kappa shape index (κ3) is 7.83. The van der Waals surface area contributed by atoms with Crippen LogP contribution in [0.25, 0.3) is 0 Å². The maximum absolute atomic E-state index is 7.59. The van der Waals surface area contributed by atoms with Crippen molar-refractivity contribution in [3.63, 3.8) is 0 Å². The SMILES string of the molecule is [3H]S(B=S)=PP(P(P)P)P(P)P. The van der Waals surface area contributed by atoms with Gasteiger partial charge in [0.15, 0.2) is 0 Å². The zero-order valence-corrected chi connectivity index (χ0v) is 15.3. The fourth-order valence-electron chi connectivity index (χ4n) is 0.265. The molecule has 0 saturated heterocycles. The van der Waals surface area contributed by atoms with Crippen molar-refractivity contribution >= 4 is 91.9 Å². The van der Waals surface area contributed by atoms with Crippen molar-refractivity contribution in [2.45, 2.75) is 0 Å². The second-order valence-corrected chi connectivity index (χ2v) is 31.8. The summed E-state index contributed by atoms with van der Waals surface area (Å²) in [5.74, 6) is 0. The van der Waals surface area contributed by atoms with E-state index in [9.17, 15) is 0 Å². The van der Waals surface area contributed by atoms with E-state index in [-0.39, 0.29) is 21.0 Å². The van der Waals surface area contributed by atoms with E-state index < -0.39 is 10.7 Å². The number of hydrogen-bond acceptors (Lipinski definition) is 1. The van der Waals surface area contributed by atoms with Crippen LogP contribution in [0.4, 0.5) is 0 Å². The van der Waals surface area contributed by atoms with Crippen molar-refractivity contribution in [3.05, 3.63) is 0 Å². The first-order valence-corrected chi connectivity index (χ1v) is 17.8. The van der Waals surface area contributed by atoms with Crippen molar-refractivity contribution in [2.24, 2.45) is 0 Å². The van der Waals surface area contributed by atoms with Crippen LogP contribution in [0, 0.1) is 0 Å². The first kappa shape index (κ1) is 13.0.